The van der Waals surface area contributed by atoms with Gasteiger partial charge >= 0.3 is 18.3 Å². The summed E-state index contributed by atoms with van der Waals surface area (Å²) in [6.45, 7) is 0. The highest BCUT2D eigenvalue weighted by Crippen LogP contribution is 2.26. The normalized spacial score (nSPS) is 11.5. The molecular formula is C9H5F5N2O3. The first-order valence-electron chi connectivity index (χ1n) is 4.57. The molecule has 0 bridgehead atoms. The quantitative estimate of drug-likeness (QED) is 0.524. The van der Waals surface area contributed by atoms with Gasteiger partial charge in [-0.3, -0.25) is 14.9 Å². The minimum absolute atomic E-state index is 0.473. The van der Waals surface area contributed by atoms with Crippen LogP contribution < -0.4 is 5.32 Å². The van der Waals surface area contributed by atoms with E-state index in [1.165, 1.54) is 5.32 Å². The van der Waals surface area contributed by atoms with E-state index >= 15 is 0 Å². The number of alkyl halides is 4. The van der Waals surface area contributed by atoms with Crippen LogP contribution in [0.15, 0.2) is 18.2 Å². The van der Waals surface area contributed by atoms with Crippen molar-refractivity contribution in [1.29, 1.82) is 0 Å². The summed E-state index contributed by atoms with van der Waals surface area (Å²) < 4.78 is 61.8. The molecule has 0 saturated heterocycles. The Morgan fingerprint density at radius 2 is 1.89 bits per heavy atom. The molecule has 104 valence electrons. The van der Waals surface area contributed by atoms with E-state index in [0.29, 0.717) is 18.2 Å². The lowest BCUT2D eigenvalue weighted by Gasteiger charge is -2.14. The first-order valence-corrected chi connectivity index (χ1v) is 4.57. The van der Waals surface area contributed by atoms with E-state index in [2.05, 4.69) is 0 Å². The van der Waals surface area contributed by atoms with E-state index in [4.69, 9.17) is 0 Å². The number of nitro benzene ring substituents is 1. The number of nitrogens with zero attached hydrogens (tertiary/aromatic N) is 1. The molecule has 0 spiro atoms. The highest BCUT2D eigenvalue weighted by molar-refractivity contribution is 5.96. The maximum Gasteiger partial charge on any atom is 0.383 e. The van der Waals surface area contributed by atoms with Gasteiger partial charge in [-0.05, 0) is 6.07 Å². The first-order chi connectivity index (χ1) is 8.64. The number of carbonyl (C=O) groups excluding carboxylic acids is 1. The van der Waals surface area contributed by atoms with Gasteiger partial charge in [0.25, 0.3) is 5.69 Å². The van der Waals surface area contributed by atoms with E-state index in [0.717, 1.165) is 0 Å². The summed E-state index contributed by atoms with van der Waals surface area (Å²) in [6.07, 6.45) is -4.25. The van der Waals surface area contributed by atoms with Crippen molar-refractivity contribution < 1.29 is 31.7 Å². The molecule has 1 amide bonds. The fourth-order valence-corrected chi connectivity index (χ4v) is 1.07. The van der Waals surface area contributed by atoms with Crippen LogP contribution in [0, 0.1) is 15.9 Å². The molecule has 19 heavy (non-hydrogen) atoms. The van der Waals surface area contributed by atoms with Crippen LogP contribution in [0.1, 0.15) is 0 Å². The molecule has 0 fully saturated rings. The van der Waals surface area contributed by atoms with Crippen LogP contribution in [0.2, 0.25) is 0 Å². The molecule has 1 N–H and O–H groups in total. The number of hydrogen-bond acceptors (Lipinski definition) is 3. The van der Waals surface area contributed by atoms with Crippen molar-refractivity contribution in [2.45, 2.75) is 12.3 Å². The Kier molecular flexibility index (Phi) is 4.02. The van der Waals surface area contributed by atoms with E-state index in [-0.39, 0.29) is 0 Å². The Labute approximate surface area is 102 Å². The van der Waals surface area contributed by atoms with Gasteiger partial charge in [-0.2, -0.15) is 8.78 Å². The van der Waals surface area contributed by atoms with Crippen molar-refractivity contribution in [1.82, 2.24) is 0 Å². The van der Waals surface area contributed by atoms with Gasteiger partial charge in [0.1, 0.15) is 5.82 Å². The van der Waals surface area contributed by atoms with Gasteiger partial charge in [-0.25, -0.2) is 13.2 Å². The van der Waals surface area contributed by atoms with Crippen LogP contribution >= 0.6 is 0 Å². The van der Waals surface area contributed by atoms with Crippen molar-refractivity contribution in [3.05, 3.63) is 34.1 Å². The number of benzene rings is 1. The third kappa shape index (κ3) is 3.36. The average Bonchev–Trinajstić information content (AvgIpc) is 2.27. The predicted octanol–water partition coefficient (Wildman–Crippen LogP) is 2.57. The molecule has 0 aromatic heterocycles. The Balaban J connectivity index is 3.00. The number of nitro groups is 1. The maximum atomic E-state index is 12.9. The molecule has 0 atom stereocenters. The summed E-state index contributed by atoms with van der Waals surface area (Å²) in [7, 11) is 0. The second-order valence-corrected chi connectivity index (χ2v) is 3.33. The van der Waals surface area contributed by atoms with Crippen LogP contribution in [0.3, 0.4) is 0 Å². The summed E-state index contributed by atoms with van der Waals surface area (Å²) in [5.41, 5.74) is -1.55. The molecular weight excluding hydrogens is 279 g/mol. The summed E-state index contributed by atoms with van der Waals surface area (Å²) >= 11 is 0. The Bertz CT molecular complexity index is 521. The molecule has 0 aliphatic rings. The number of non-ortho nitro benzene ring substituents is 1. The number of anilines is 1. The van der Waals surface area contributed by atoms with Crippen LogP contribution in [0.5, 0.6) is 0 Å². The van der Waals surface area contributed by atoms with Gasteiger partial charge in [0.05, 0.1) is 16.7 Å². The monoisotopic (exact) mass is 284 g/mol. The number of amides is 1. The second kappa shape index (κ2) is 5.16. The van der Waals surface area contributed by atoms with Gasteiger partial charge in [0.15, 0.2) is 0 Å². The topological polar surface area (TPSA) is 72.2 Å². The average molecular weight is 284 g/mol. The SMILES string of the molecule is O=C(Nc1cc(F)cc([N+](=O)[O-])c1)C(F)(F)C(F)F. The Hall–Kier alpha value is -2.26. The lowest BCUT2D eigenvalue weighted by Crippen LogP contribution is -2.41. The molecule has 1 aromatic rings. The van der Waals surface area contributed by atoms with Gasteiger partial charge in [0, 0.05) is 6.07 Å². The molecule has 5 nitrogen and oxygen atoms in total. The minimum Gasteiger partial charge on any atom is -0.320 e. The fraction of sp³-hybridized carbons (Fsp3) is 0.222. The van der Waals surface area contributed by atoms with Crippen molar-refractivity contribution in [2.24, 2.45) is 0 Å². The van der Waals surface area contributed by atoms with Crippen molar-refractivity contribution in [3.8, 4) is 0 Å². The number of carbonyl (C=O) groups is 1. The second-order valence-electron chi connectivity index (χ2n) is 3.33. The highest BCUT2D eigenvalue weighted by atomic mass is 19.3. The van der Waals surface area contributed by atoms with Crippen molar-refractivity contribution in [2.75, 3.05) is 5.32 Å². The van der Waals surface area contributed by atoms with Crippen LogP contribution in [-0.2, 0) is 4.79 Å². The summed E-state index contributed by atoms with van der Waals surface area (Å²) in [5, 5.41) is 11.6. The van der Waals surface area contributed by atoms with Crippen molar-refractivity contribution >= 4 is 17.3 Å². The molecule has 10 heteroatoms. The molecule has 0 unspecified atom stereocenters. The van der Waals surface area contributed by atoms with Gasteiger partial charge < -0.3 is 5.32 Å². The highest BCUT2D eigenvalue weighted by Gasteiger charge is 2.49. The number of hydrogen-bond donors (Lipinski definition) is 1. The summed E-state index contributed by atoms with van der Waals surface area (Å²) in [6, 6.07) is 1.51. The largest absolute Gasteiger partial charge is 0.383 e. The number of halogens is 5. The van der Waals surface area contributed by atoms with E-state index < -0.39 is 40.4 Å². The molecule has 0 heterocycles. The van der Waals surface area contributed by atoms with E-state index in [1.807, 2.05) is 0 Å². The minimum atomic E-state index is -4.99. The Morgan fingerprint density at radius 1 is 1.32 bits per heavy atom. The lowest BCUT2D eigenvalue weighted by atomic mass is 10.2. The zero-order chi connectivity index (χ0) is 14.8. The zero-order valence-electron chi connectivity index (χ0n) is 8.87. The fourth-order valence-electron chi connectivity index (χ4n) is 1.07. The van der Waals surface area contributed by atoms with Gasteiger partial charge in [-0.15, -0.1) is 0 Å². The number of nitrogens with one attached hydrogen (secondary N) is 1. The molecule has 0 saturated carbocycles. The van der Waals surface area contributed by atoms with Crippen LogP contribution in [0.4, 0.5) is 33.3 Å². The molecule has 0 aliphatic heterocycles. The van der Waals surface area contributed by atoms with Gasteiger partial charge in [-0.1, -0.05) is 0 Å². The van der Waals surface area contributed by atoms with Crippen LogP contribution in [-0.4, -0.2) is 23.2 Å². The first kappa shape index (κ1) is 14.8. The Morgan fingerprint density at radius 3 is 2.37 bits per heavy atom. The van der Waals surface area contributed by atoms with Gasteiger partial charge in [0.2, 0.25) is 0 Å². The molecule has 0 aliphatic carbocycles. The molecule has 0 radical (unpaired) electrons. The van der Waals surface area contributed by atoms with E-state index in [9.17, 15) is 36.9 Å². The predicted molar refractivity (Wildman–Crippen MR) is 52.6 cm³/mol. The zero-order valence-corrected chi connectivity index (χ0v) is 8.87. The third-order valence-corrected chi connectivity index (χ3v) is 1.93. The summed E-state index contributed by atoms with van der Waals surface area (Å²) in [4.78, 5) is 20.2. The smallest absolute Gasteiger partial charge is 0.320 e. The number of rotatable bonds is 4. The van der Waals surface area contributed by atoms with E-state index in [1.54, 1.807) is 0 Å². The van der Waals surface area contributed by atoms with Crippen LogP contribution in [0.25, 0.3) is 0 Å². The third-order valence-electron chi connectivity index (χ3n) is 1.93. The maximum absolute atomic E-state index is 12.9. The van der Waals surface area contributed by atoms with Crippen molar-refractivity contribution in [3.63, 3.8) is 0 Å². The summed E-state index contributed by atoms with van der Waals surface area (Å²) in [5.74, 6) is -8.56. The lowest BCUT2D eigenvalue weighted by molar-refractivity contribution is -0.385. The molecule has 1 aromatic carbocycles. The molecule has 1 rings (SSSR count). The standard InChI is InChI=1S/C9H5F5N2O3/c10-4-1-5(3-6(2-4)16(18)19)15-8(17)9(13,14)7(11)12/h1-3,7H,(H,15,17).